The number of aromatic nitrogens is 1. The lowest BCUT2D eigenvalue weighted by Crippen LogP contribution is -1.70. The number of fused-ring (bicyclic) bond motifs is 1. The summed E-state index contributed by atoms with van der Waals surface area (Å²) in [6, 6.07) is 3.58. The zero-order valence-corrected chi connectivity index (χ0v) is 6.72. The Hall–Kier alpha value is -1.02. The zero-order valence-electron chi connectivity index (χ0n) is 5.97. The van der Waals surface area contributed by atoms with Crippen molar-refractivity contribution >= 4 is 22.7 Å². The molecule has 0 aliphatic carbocycles. The Morgan fingerprint density at radius 2 is 2.36 bits per heavy atom. The van der Waals surface area contributed by atoms with Gasteiger partial charge in [0, 0.05) is 12.3 Å². The molecule has 0 aliphatic rings. The molecule has 0 radical (unpaired) electrons. The van der Waals surface area contributed by atoms with Crippen LogP contribution < -0.4 is 0 Å². The van der Waals surface area contributed by atoms with Gasteiger partial charge >= 0.3 is 0 Å². The molecule has 0 N–H and O–H groups in total. The molecule has 0 saturated heterocycles. The zero-order chi connectivity index (χ0) is 7.84. The summed E-state index contributed by atoms with van der Waals surface area (Å²) in [6.07, 6.45) is 1.67. The summed E-state index contributed by atoms with van der Waals surface area (Å²) >= 11 is 5.84. The molecule has 2 nitrogen and oxygen atoms in total. The van der Waals surface area contributed by atoms with E-state index >= 15 is 0 Å². The van der Waals surface area contributed by atoms with Crippen LogP contribution in [-0.4, -0.2) is 4.98 Å². The summed E-state index contributed by atoms with van der Waals surface area (Å²) < 4.78 is 5.30. The van der Waals surface area contributed by atoms with Crippen LogP contribution in [0, 0.1) is 6.92 Å². The van der Waals surface area contributed by atoms with E-state index in [1.807, 2.05) is 13.0 Å². The van der Waals surface area contributed by atoms with E-state index in [4.69, 9.17) is 16.0 Å². The maximum atomic E-state index is 5.84. The molecule has 0 unspecified atom stereocenters. The average molecular weight is 168 g/mol. The van der Waals surface area contributed by atoms with E-state index in [0.29, 0.717) is 10.6 Å². The van der Waals surface area contributed by atoms with Crippen LogP contribution in [0.2, 0.25) is 5.02 Å². The largest absolute Gasteiger partial charge is 0.458 e. The summed E-state index contributed by atoms with van der Waals surface area (Å²) in [5, 5.41) is 0.614. The van der Waals surface area contributed by atoms with Crippen LogP contribution in [0.3, 0.4) is 0 Å². The Kier molecular flexibility index (Phi) is 1.36. The van der Waals surface area contributed by atoms with Crippen LogP contribution >= 0.6 is 11.6 Å². The first kappa shape index (κ1) is 6.68. The summed E-state index contributed by atoms with van der Waals surface area (Å²) in [5.41, 5.74) is 1.49. The third-order valence-electron chi connectivity index (χ3n) is 1.49. The molecule has 2 heterocycles. The van der Waals surface area contributed by atoms with E-state index in [-0.39, 0.29) is 0 Å². The molecule has 2 aromatic heterocycles. The van der Waals surface area contributed by atoms with E-state index in [2.05, 4.69) is 4.98 Å². The van der Waals surface area contributed by atoms with Crippen LogP contribution in [0.1, 0.15) is 5.76 Å². The Balaban J connectivity index is 2.90. The monoisotopic (exact) mass is 167 g/mol. The third-order valence-corrected chi connectivity index (χ3v) is 1.78. The quantitative estimate of drug-likeness (QED) is 0.603. The van der Waals surface area contributed by atoms with Crippen LogP contribution in [0.25, 0.3) is 11.1 Å². The van der Waals surface area contributed by atoms with Gasteiger partial charge in [-0.15, -0.1) is 0 Å². The topological polar surface area (TPSA) is 26.0 Å². The smallest absolute Gasteiger partial charge is 0.171 e. The highest BCUT2D eigenvalue weighted by molar-refractivity contribution is 6.34. The minimum atomic E-state index is 0.614. The average Bonchev–Trinajstić information content (AvgIpc) is 2.31. The molecular formula is C8H6ClNO. The van der Waals surface area contributed by atoms with Crippen LogP contribution in [-0.2, 0) is 0 Å². The lowest BCUT2D eigenvalue weighted by Gasteiger charge is -1.88. The second-order valence-corrected chi connectivity index (χ2v) is 2.77. The van der Waals surface area contributed by atoms with Crippen molar-refractivity contribution in [2.75, 3.05) is 0 Å². The van der Waals surface area contributed by atoms with E-state index in [0.717, 1.165) is 11.3 Å². The number of hydrogen-bond acceptors (Lipinski definition) is 2. The van der Waals surface area contributed by atoms with Gasteiger partial charge in [0.1, 0.15) is 11.3 Å². The Labute approximate surface area is 68.8 Å². The summed E-state index contributed by atoms with van der Waals surface area (Å²) in [4.78, 5) is 4.08. The highest BCUT2D eigenvalue weighted by Gasteiger charge is 2.03. The van der Waals surface area contributed by atoms with Crippen LogP contribution in [0.4, 0.5) is 0 Å². The maximum Gasteiger partial charge on any atom is 0.171 e. The third kappa shape index (κ3) is 0.994. The molecule has 3 heteroatoms. The number of nitrogens with zero attached hydrogens (tertiary/aromatic N) is 1. The van der Waals surface area contributed by atoms with Gasteiger partial charge in [0.2, 0.25) is 0 Å². The fraction of sp³-hybridized carbons (Fsp3) is 0.125. The van der Waals surface area contributed by atoms with Crippen molar-refractivity contribution in [3.8, 4) is 0 Å². The Morgan fingerprint density at radius 1 is 1.55 bits per heavy atom. The molecule has 0 fully saturated rings. The van der Waals surface area contributed by atoms with Crippen molar-refractivity contribution in [3.63, 3.8) is 0 Å². The van der Waals surface area contributed by atoms with Gasteiger partial charge in [0.05, 0.1) is 5.02 Å². The maximum absolute atomic E-state index is 5.84. The second kappa shape index (κ2) is 2.24. The molecular weight excluding hydrogens is 162 g/mol. The molecule has 11 heavy (non-hydrogen) atoms. The first-order chi connectivity index (χ1) is 5.27. The van der Waals surface area contributed by atoms with Crippen molar-refractivity contribution in [2.45, 2.75) is 6.92 Å². The molecule has 56 valence electrons. The van der Waals surface area contributed by atoms with Gasteiger partial charge < -0.3 is 4.42 Å². The number of rotatable bonds is 0. The van der Waals surface area contributed by atoms with E-state index in [1.54, 1.807) is 12.3 Å². The first-order valence-electron chi connectivity index (χ1n) is 3.28. The van der Waals surface area contributed by atoms with Crippen molar-refractivity contribution in [3.05, 3.63) is 29.1 Å². The summed E-state index contributed by atoms with van der Waals surface area (Å²) in [7, 11) is 0. The highest BCUT2D eigenvalue weighted by atomic mass is 35.5. The molecule has 2 rings (SSSR count). The van der Waals surface area contributed by atoms with Crippen molar-refractivity contribution in [1.29, 1.82) is 0 Å². The van der Waals surface area contributed by atoms with Crippen LogP contribution in [0.15, 0.2) is 22.7 Å². The lowest BCUT2D eigenvalue weighted by atomic mass is 10.4. The van der Waals surface area contributed by atoms with Crippen molar-refractivity contribution in [1.82, 2.24) is 4.98 Å². The van der Waals surface area contributed by atoms with Gasteiger partial charge in [0.15, 0.2) is 5.58 Å². The molecule has 0 atom stereocenters. The number of pyridine rings is 1. The minimum absolute atomic E-state index is 0.614. The normalized spacial score (nSPS) is 10.7. The van der Waals surface area contributed by atoms with Gasteiger partial charge in [-0.05, 0) is 13.0 Å². The fourth-order valence-electron chi connectivity index (χ4n) is 1.03. The number of aryl methyl sites for hydroxylation is 1. The Morgan fingerprint density at radius 3 is 3.09 bits per heavy atom. The molecule has 0 aromatic carbocycles. The highest BCUT2D eigenvalue weighted by Crippen LogP contribution is 2.23. The predicted octanol–water partition coefficient (Wildman–Crippen LogP) is 2.79. The van der Waals surface area contributed by atoms with E-state index in [9.17, 15) is 0 Å². The number of furan rings is 1. The van der Waals surface area contributed by atoms with Gasteiger partial charge in [-0.2, -0.15) is 0 Å². The number of halogens is 1. The minimum Gasteiger partial charge on any atom is -0.458 e. The second-order valence-electron chi connectivity index (χ2n) is 2.36. The summed E-state index contributed by atoms with van der Waals surface area (Å²) in [6.45, 7) is 1.87. The van der Waals surface area contributed by atoms with Gasteiger partial charge in [-0.3, -0.25) is 4.98 Å². The fourth-order valence-corrected chi connectivity index (χ4v) is 1.22. The summed E-state index contributed by atoms with van der Waals surface area (Å²) in [5.74, 6) is 0.834. The number of hydrogen-bond donors (Lipinski definition) is 0. The predicted molar refractivity (Wildman–Crippen MR) is 43.8 cm³/mol. The molecule has 0 aliphatic heterocycles. The van der Waals surface area contributed by atoms with Gasteiger partial charge in [-0.1, -0.05) is 11.6 Å². The van der Waals surface area contributed by atoms with E-state index in [1.165, 1.54) is 0 Å². The molecule has 0 saturated carbocycles. The first-order valence-corrected chi connectivity index (χ1v) is 3.66. The lowest BCUT2D eigenvalue weighted by molar-refractivity contribution is 0.578. The van der Waals surface area contributed by atoms with Gasteiger partial charge in [0.25, 0.3) is 0 Å². The van der Waals surface area contributed by atoms with Crippen LogP contribution in [0.5, 0.6) is 0 Å². The standard InChI is InChI=1S/C8H6ClNO/c1-5-4-7-8(11-5)6(9)2-3-10-7/h2-4H,1H3. The molecule has 0 bridgehead atoms. The van der Waals surface area contributed by atoms with Gasteiger partial charge in [-0.25, -0.2) is 0 Å². The SMILES string of the molecule is Cc1cc2nccc(Cl)c2o1. The van der Waals surface area contributed by atoms with Crippen molar-refractivity contribution < 1.29 is 4.42 Å². The van der Waals surface area contributed by atoms with E-state index < -0.39 is 0 Å². The molecule has 0 amide bonds. The molecule has 2 aromatic rings. The van der Waals surface area contributed by atoms with Crippen molar-refractivity contribution in [2.24, 2.45) is 0 Å². The Bertz CT molecular complexity index is 394. The molecule has 0 spiro atoms.